The van der Waals surface area contributed by atoms with Gasteiger partial charge in [0.25, 0.3) is 0 Å². The van der Waals surface area contributed by atoms with E-state index in [1.807, 2.05) is 10.6 Å². The summed E-state index contributed by atoms with van der Waals surface area (Å²) in [5, 5.41) is 6.92. The summed E-state index contributed by atoms with van der Waals surface area (Å²) in [6, 6.07) is 1.92. The van der Waals surface area contributed by atoms with Crippen LogP contribution >= 0.6 is 12.2 Å². The Morgan fingerprint density at radius 3 is 3.14 bits per heavy atom. The summed E-state index contributed by atoms with van der Waals surface area (Å²) < 4.78 is 7.63. The number of furan rings is 1. The quantitative estimate of drug-likeness (QED) is 0.788. The number of H-pyrrole nitrogens is 1. The molecule has 0 aliphatic carbocycles. The summed E-state index contributed by atoms with van der Waals surface area (Å²) >= 11 is 5.13. The molecule has 0 saturated heterocycles. The summed E-state index contributed by atoms with van der Waals surface area (Å²) in [6.07, 6.45) is 4.24. The zero-order valence-corrected chi connectivity index (χ0v) is 8.67. The van der Waals surface area contributed by atoms with E-state index in [2.05, 4.69) is 17.1 Å². The van der Waals surface area contributed by atoms with Crippen molar-refractivity contribution in [3.63, 3.8) is 0 Å². The van der Waals surface area contributed by atoms with Gasteiger partial charge in [-0.15, -0.1) is 0 Å². The minimum atomic E-state index is 0.656. The van der Waals surface area contributed by atoms with Crippen LogP contribution in [0.1, 0.15) is 18.3 Å². The fourth-order valence-corrected chi connectivity index (χ4v) is 1.56. The van der Waals surface area contributed by atoms with Gasteiger partial charge < -0.3 is 4.42 Å². The molecule has 0 aromatic carbocycles. The van der Waals surface area contributed by atoms with E-state index < -0.39 is 0 Å². The second kappa shape index (κ2) is 3.79. The van der Waals surface area contributed by atoms with E-state index in [4.69, 9.17) is 16.6 Å². The predicted molar refractivity (Wildman–Crippen MR) is 54.6 cm³/mol. The molecule has 0 spiro atoms. The fourth-order valence-electron chi connectivity index (χ4n) is 1.35. The number of nitrogens with one attached hydrogen (secondary N) is 1. The van der Waals surface area contributed by atoms with Crippen LogP contribution in [0.25, 0.3) is 0 Å². The Kier molecular flexibility index (Phi) is 2.49. The van der Waals surface area contributed by atoms with Crippen LogP contribution in [-0.4, -0.2) is 14.8 Å². The Labute approximate surface area is 86.6 Å². The number of hydrogen-bond donors (Lipinski definition) is 1. The molecule has 0 aliphatic heterocycles. The summed E-state index contributed by atoms with van der Waals surface area (Å²) in [7, 11) is 0. The minimum absolute atomic E-state index is 0.656. The lowest BCUT2D eigenvalue weighted by Crippen LogP contribution is -2.03. The first-order valence-corrected chi connectivity index (χ1v) is 4.87. The molecule has 1 N–H and O–H groups in total. The van der Waals surface area contributed by atoms with Gasteiger partial charge in [0, 0.05) is 12.0 Å². The van der Waals surface area contributed by atoms with E-state index in [0.29, 0.717) is 4.77 Å². The van der Waals surface area contributed by atoms with E-state index in [-0.39, 0.29) is 0 Å². The van der Waals surface area contributed by atoms with E-state index in [0.717, 1.165) is 24.4 Å². The number of rotatable bonds is 3. The molecular weight excluding hydrogens is 198 g/mol. The molecule has 4 nitrogen and oxygen atoms in total. The van der Waals surface area contributed by atoms with Crippen molar-refractivity contribution in [2.24, 2.45) is 0 Å². The molecule has 74 valence electrons. The maximum absolute atomic E-state index is 5.13. The Balaban J connectivity index is 2.32. The molecule has 0 fully saturated rings. The molecule has 0 unspecified atom stereocenters. The van der Waals surface area contributed by atoms with E-state index >= 15 is 0 Å². The number of aromatic amines is 1. The van der Waals surface area contributed by atoms with Crippen molar-refractivity contribution < 1.29 is 4.42 Å². The summed E-state index contributed by atoms with van der Waals surface area (Å²) in [6.45, 7) is 2.77. The van der Waals surface area contributed by atoms with Gasteiger partial charge in [-0.3, -0.25) is 9.67 Å². The molecule has 2 aromatic heterocycles. The van der Waals surface area contributed by atoms with Gasteiger partial charge in [0.1, 0.15) is 5.82 Å². The Hall–Kier alpha value is -1.36. The number of nitrogens with zero attached hydrogens (tertiary/aromatic N) is 2. The molecule has 14 heavy (non-hydrogen) atoms. The molecule has 2 aromatic rings. The second-order valence-corrected chi connectivity index (χ2v) is 3.40. The average Bonchev–Trinajstić information content (AvgIpc) is 2.79. The largest absolute Gasteiger partial charge is 0.472 e. The lowest BCUT2D eigenvalue weighted by molar-refractivity contribution is 0.561. The van der Waals surface area contributed by atoms with Gasteiger partial charge >= 0.3 is 0 Å². The number of aryl methyl sites for hydroxylation is 1. The number of aromatic nitrogens is 3. The van der Waals surface area contributed by atoms with Crippen LogP contribution in [0.3, 0.4) is 0 Å². The Bertz CT molecular complexity index is 455. The lowest BCUT2D eigenvalue weighted by atomic mass is 10.3. The van der Waals surface area contributed by atoms with Crippen LogP contribution in [0.5, 0.6) is 0 Å². The lowest BCUT2D eigenvalue weighted by Gasteiger charge is -2.01. The molecule has 0 atom stereocenters. The molecule has 2 heterocycles. The first-order chi connectivity index (χ1) is 6.81. The molecule has 0 aliphatic rings. The highest BCUT2D eigenvalue weighted by Crippen LogP contribution is 2.06. The van der Waals surface area contributed by atoms with Crippen LogP contribution in [0.2, 0.25) is 0 Å². The molecule has 5 heteroatoms. The Morgan fingerprint density at radius 1 is 1.64 bits per heavy atom. The van der Waals surface area contributed by atoms with Gasteiger partial charge in [-0.1, -0.05) is 6.92 Å². The van der Waals surface area contributed by atoms with E-state index in [1.165, 1.54) is 0 Å². The highest BCUT2D eigenvalue weighted by atomic mass is 32.1. The van der Waals surface area contributed by atoms with Crippen molar-refractivity contribution in [1.29, 1.82) is 0 Å². The SMILES string of the molecule is CCc1n[nH]c(=S)n1Cc1ccoc1. The van der Waals surface area contributed by atoms with Crippen molar-refractivity contribution in [2.75, 3.05) is 0 Å². The zero-order chi connectivity index (χ0) is 9.97. The van der Waals surface area contributed by atoms with Crippen LogP contribution in [0.15, 0.2) is 23.0 Å². The van der Waals surface area contributed by atoms with Gasteiger partial charge in [-0.05, 0) is 18.3 Å². The first-order valence-electron chi connectivity index (χ1n) is 4.46. The van der Waals surface area contributed by atoms with Crippen molar-refractivity contribution in [1.82, 2.24) is 14.8 Å². The molecular formula is C9H11N3OS. The third kappa shape index (κ3) is 1.63. The standard InChI is InChI=1S/C9H11N3OS/c1-2-8-10-11-9(14)12(8)5-7-3-4-13-6-7/h3-4,6H,2,5H2,1H3,(H,11,14). The first kappa shape index (κ1) is 9.21. The van der Waals surface area contributed by atoms with Gasteiger partial charge in [0.15, 0.2) is 4.77 Å². The van der Waals surface area contributed by atoms with Crippen LogP contribution in [0, 0.1) is 4.77 Å². The topological polar surface area (TPSA) is 46.8 Å². The van der Waals surface area contributed by atoms with Crippen molar-refractivity contribution >= 4 is 12.2 Å². The summed E-state index contributed by atoms with van der Waals surface area (Å²) in [5.41, 5.74) is 1.09. The fraction of sp³-hybridized carbons (Fsp3) is 0.333. The van der Waals surface area contributed by atoms with E-state index in [1.54, 1.807) is 12.5 Å². The smallest absolute Gasteiger partial charge is 0.195 e. The minimum Gasteiger partial charge on any atom is -0.472 e. The predicted octanol–water partition coefficient (Wildman–Crippen LogP) is 2.14. The molecule has 0 saturated carbocycles. The van der Waals surface area contributed by atoms with Crippen LogP contribution in [-0.2, 0) is 13.0 Å². The van der Waals surface area contributed by atoms with E-state index in [9.17, 15) is 0 Å². The zero-order valence-electron chi connectivity index (χ0n) is 7.86. The van der Waals surface area contributed by atoms with Crippen LogP contribution in [0.4, 0.5) is 0 Å². The number of hydrogen-bond acceptors (Lipinski definition) is 3. The maximum atomic E-state index is 5.13. The Morgan fingerprint density at radius 2 is 2.50 bits per heavy atom. The molecule has 0 amide bonds. The maximum Gasteiger partial charge on any atom is 0.195 e. The van der Waals surface area contributed by atoms with Crippen LogP contribution < -0.4 is 0 Å². The van der Waals surface area contributed by atoms with Crippen molar-refractivity contribution in [3.05, 3.63) is 34.8 Å². The highest BCUT2D eigenvalue weighted by molar-refractivity contribution is 7.71. The third-order valence-corrected chi connectivity index (χ3v) is 2.39. The van der Waals surface area contributed by atoms with Crippen molar-refractivity contribution in [3.8, 4) is 0 Å². The average molecular weight is 209 g/mol. The summed E-state index contributed by atoms with van der Waals surface area (Å²) in [5.74, 6) is 0.969. The second-order valence-electron chi connectivity index (χ2n) is 3.02. The van der Waals surface area contributed by atoms with Gasteiger partial charge in [-0.2, -0.15) is 5.10 Å². The summed E-state index contributed by atoms with van der Waals surface area (Å²) in [4.78, 5) is 0. The van der Waals surface area contributed by atoms with Gasteiger partial charge in [0.05, 0.1) is 19.1 Å². The molecule has 0 radical (unpaired) electrons. The monoisotopic (exact) mass is 209 g/mol. The highest BCUT2D eigenvalue weighted by Gasteiger charge is 2.04. The normalized spacial score (nSPS) is 10.6. The molecule has 0 bridgehead atoms. The van der Waals surface area contributed by atoms with Gasteiger partial charge in [-0.25, -0.2) is 0 Å². The van der Waals surface area contributed by atoms with Gasteiger partial charge in [0.2, 0.25) is 0 Å². The molecule has 2 rings (SSSR count). The third-order valence-electron chi connectivity index (χ3n) is 2.07. The van der Waals surface area contributed by atoms with Crippen molar-refractivity contribution in [2.45, 2.75) is 19.9 Å².